The van der Waals surface area contributed by atoms with Crippen LogP contribution in [0.2, 0.25) is 0 Å². The summed E-state index contributed by atoms with van der Waals surface area (Å²) in [6, 6.07) is 153. The summed E-state index contributed by atoms with van der Waals surface area (Å²) in [4.78, 5) is 62.0. The van der Waals surface area contributed by atoms with Gasteiger partial charge < -0.3 is 17.7 Å². The van der Waals surface area contributed by atoms with Crippen LogP contribution in [0.3, 0.4) is 0 Å². The second-order valence-electron chi connectivity index (χ2n) is 35.3. The minimum absolute atomic E-state index is 0.301. The fourth-order valence-corrected chi connectivity index (χ4v) is 19.5. The molecule has 662 valence electrons. The van der Waals surface area contributed by atoms with E-state index in [9.17, 15) is 0 Å². The Labute approximate surface area is 811 Å². The molecule has 142 heavy (non-hydrogen) atoms. The normalized spacial score (nSPS) is 11.7. The Morgan fingerprint density at radius 2 is 0.303 bits per heavy atom. The standard InChI is InChI=1S/C66H38N6O2.C60H36N6O2/c1-4-16-42-33-45(30-27-39(42)13-1)61-67-62(46-31-28-40-14-2-5-17-43(40)34-46)70-65(69-61)66-71-63(47-32-29-41-15-3-6-18-44(41)35-47)68-64(72-66)50-37-48(51-21-11-23-55-53-19-7-9-25-57(53)73-59(51)55)36-49(38-50)52-22-12-24-56-54-20-8-10-26-58(54)74-60(52)56;1-4-16-37(17-5-1)55-61-56(38-18-6-2-7-19-38)63-58(62-55)40-30-32-41(33-31-40)59-64-57(39-20-8-3-9-21-39)65-60(66-59)44-35-42(45-24-14-26-49-47-22-10-12-28-51(47)67-53(45)49)34-43(36-44)46-25-15-27-50-48-23-11-13-29-52(48)68-54(46)50/h1-38H;1-36H. The van der Waals surface area contributed by atoms with Crippen LogP contribution < -0.4 is 0 Å². The fourth-order valence-electron chi connectivity index (χ4n) is 19.5. The van der Waals surface area contributed by atoms with Crippen molar-refractivity contribution in [2.75, 3.05) is 0 Å². The van der Waals surface area contributed by atoms with Gasteiger partial charge in [-0.15, -0.1) is 0 Å². The number of hydrogen-bond acceptors (Lipinski definition) is 16. The van der Waals surface area contributed by atoms with E-state index in [0.717, 1.165) is 220 Å². The number of fused-ring (bicyclic) bond motifs is 15. The zero-order valence-electron chi connectivity index (χ0n) is 75.7. The minimum Gasteiger partial charge on any atom is -0.455 e. The lowest BCUT2D eigenvalue weighted by molar-refractivity contribution is 0.669. The Morgan fingerprint density at radius 3 is 0.570 bits per heavy atom. The maximum atomic E-state index is 6.69. The van der Waals surface area contributed by atoms with E-state index in [1.165, 1.54) is 0 Å². The molecule has 16 nitrogen and oxygen atoms in total. The molecule has 28 aromatic rings. The maximum absolute atomic E-state index is 6.69. The quantitative estimate of drug-likeness (QED) is 0.0935. The monoisotopic (exact) mass is 1820 g/mol. The van der Waals surface area contributed by atoms with Crippen molar-refractivity contribution in [3.63, 3.8) is 0 Å². The van der Waals surface area contributed by atoms with Crippen molar-refractivity contribution in [3.8, 4) is 170 Å². The van der Waals surface area contributed by atoms with Crippen LogP contribution in [-0.4, -0.2) is 59.8 Å². The topological polar surface area (TPSA) is 207 Å². The molecule has 8 heterocycles. The van der Waals surface area contributed by atoms with Crippen LogP contribution in [-0.2, 0) is 0 Å². The maximum Gasteiger partial charge on any atom is 0.202 e. The van der Waals surface area contributed by atoms with Gasteiger partial charge in [0.05, 0.1) is 0 Å². The highest BCUT2D eigenvalue weighted by molar-refractivity contribution is 6.15. The third-order valence-corrected chi connectivity index (χ3v) is 26.5. The van der Waals surface area contributed by atoms with E-state index in [-0.39, 0.29) is 0 Å². The number of hydrogen-bond donors (Lipinski definition) is 0. The first-order valence-corrected chi connectivity index (χ1v) is 47.0. The van der Waals surface area contributed by atoms with Crippen LogP contribution in [0.1, 0.15) is 0 Å². The Kier molecular flexibility index (Phi) is 19.8. The van der Waals surface area contributed by atoms with Crippen molar-refractivity contribution in [1.29, 1.82) is 0 Å². The summed E-state index contributed by atoms with van der Waals surface area (Å²) in [5.74, 6) is 5.89. The molecule has 0 radical (unpaired) electrons. The summed E-state index contributed by atoms with van der Waals surface area (Å²) in [7, 11) is 0. The summed E-state index contributed by atoms with van der Waals surface area (Å²) in [5, 5.41) is 15.0. The molecule has 0 spiro atoms. The first-order chi connectivity index (χ1) is 70.3. The first kappa shape index (κ1) is 81.9. The van der Waals surface area contributed by atoms with E-state index in [0.29, 0.717) is 69.9 Å². The molecule has 0 aliphatic heterocycles. The van der Waals surface area contributed by atoms with Crippen molar-refractivity contribution >= 4 is 120 Å². The SMILES string of the molecule is c1ccc(-c2nc(-c3ccccc3)nc(-c3ccc(-c4nc(-c5ccccc5)nc(-c5cc(-c6cccc7c6oc6ccccc67)cc(-c6cccc7c6oc6ccccc67)c5)n4)cc3)n2)cc1.c1ccc2cc(-c3nc(-c4cc(-c5cccc6c5oc5ccccc56)cc(-c5cccc6c5oc5ccccc56)c4)nc(-c4nc(-c5ccc6ccccc6c5)nc(-c5ccc6ccccc6c5)n4)n3)ccc2c1. The average Bonchev–Trinajstić information content (AvgIpc) is 1.54. The molecule has 0 aliphatic carbocycles. The Balaban J connectivity index is 0.000000143. The minimum atomic E-state index is 0.301. The van der Waals surface area contributed by atoms with E-state index >= 15 is 0 Å². The molecule has 8 aromatic heterocycles. The predicted octanol–water partition coefficient (Wildman–Crippen LogP) is 32.2. The molecule has 0 fully saturated rings. The lowest BCUT2D eigenvalue weighted by Gasteiger charge is -2.13. The molecule has 0 saturated heterocycles. The summed E-state index contributed by atoms with van der Waals surface area (Å²) in [6.07, 6.45) is 0. The van der Waals surface area contributed by atoms with E-state index in [2.05, 4.69) is 224 Å². The second kappa shape index (κ2) is 34.3. The van der Waals surface area contributed by atoms with E-state index in [1.54, 1.807) is 0 Å². The molecule has 0 N–H and O–H groups in total. The Bertz CT molecular complexity index is 9490. The molecule has 0 aliphatic rings. The highest BCUT2D eigenvalue weighted by Crippen LogP contribution is 2.47. The van der Waals surface area contributed by atoms with Crippen molar-refractivity contribution < 1.29 is 17.7 Å². The molecule has 0 saturated carbocycles. The van der Waals surface area contributed by atoms with E-state index in [4.69, 9.17) is 77.5 Å². The summed E-state index contributed by atoms with van der Waals surface area (Å²) in [5.41, 5.74) is 22.4. The Hall–Kier alpha value is -19.6. The zero-order valence-corrected chi connectivity index (χ0v) is 75.7. The molecule has 0 unspecified atom stereocenters. The number of rotatable bonds is 15. The first-order valence-electron chi connectivity index (χ1n) is 47.0. The molecular formula is C126H74N12O4. The van der Waals surface area contributed by atoms with Crippen LogP contribution in [0.5, 0.6) is 0 Å². The number of benzene rings is 20. The highest BCUT2D eigenvalue weighted by Gasteiger charge is 2.27. The van der Waals surface area contributed by atoms with Crippen LogP contribution in [0.4, 0.5) is 0 Å². The van der Waals surface area contributed by atoms with Gasteiger partial charge in [-0.2, -0.15) is 0 Å². The predicted molar refractivity (Wildman–Crippen MR) is 570 cm³/mol. The van der Waals surface area contributed by atoms with Gasteiger partial charge in [-0.3, -0.25) is 0 Å². The molecule has 20 aromatic carbocycles. The van der Waals surface area contributed by atoms with Gasteiger partial charge in [-0.1, -0.05) is 370 Å². The number of para-hydroxylation sites is 8. The van der Waals surface area contributed by atoms with E-state index in [1.807, 2.05) is 224 Å². The lowest BCUT2D eigenvalue weighted by atomic mass is 9.94. The summed E-state index contributed by atoms with van der Waals surface area (Å²) >= 11 is 0. The third-order valence-electron chi connectivity index (χ3n) is 26.5. The zero-order chi connectivity index (χ0) is 93.7. The van der Waals surface area contributed by atoms with Crippen LogP contribution >= 0.6 is 0 Å². The fraction of sp³-hybridized carbons (Fsp3) is 0. The highest BCUT2D eigenvalue weighted by atomic mass is 16.3. The van der Waals surface area contributed by atoms with E-state index < -0.39 is 0 Å². The lowest BCUT2D eigenvalue weighted by Crippen LogP contribution is -2.06. The molecule has 16 heteroatoms. The van der Waals surface area contributed by atoms with Crippen LogP contribution in [0, 0.1) is 0 Å². The smallest absolute Gasteiger partial charge is 0.202 e. The van der Waals surface area contributed by atoms with Crippen molar-refractivity contribution in [2.24, 2.45) is 0 Å². The van der Waals surface area contributed by atoms with Crippen molar-refractivity contribution in [1.82, 2.24) is 59.8 Å². The summed E-state index contributed by atoms with van der Waals surface area (Å²) in [6.45, 7) is 0. The molecule has 0 bridgehead atoms. The second-order valence-corrected chi connectivity index (χ2v) is 35.3. The van der Waals surface area contributed by atoms with Crippen LogP contribution in [0.15, 0.2) is 467 Å². The summed E-state index contributed by atoms with van der Waals surface area (Å²) < 4.78 is 26.6. The number of nitrogens with zero attached hydrogens (tertiary/aromatic N) is 12. The van der Waals surface area contributed by atoms with Gasteiger partial charge in [0.1, 0.15) is 44.7 Å². The average molecular weight is 1820 g/mol. The molecule has 28 rings (SSSR count). The number of aromatic nitrogens is 12. The van der Waals surface area contributed by atoms with Gasteiger partial charge in [0.25, 0.3) is 0 Å². The van der Waals surface area contributed by atoms with Gasteiger partial charge in [-0.25, -0.2) is 59.8 Å². The van der Waals surface area contributed by atoms with Crippen molar-refractivity contribution in [2.45, 2.75) is 0 Å². The number of furan rings is 4. The molecule has 0 amide bonds. The van der Waals surface area contributed by atoms with Gasteiger partial charge >= 0.3 is 0 Å². The van der Waals surface area contributed by atoms with Crippen molar-refractivity contribution in [3.05, 3.63) is 449 Å². The molecule has 0 atom stereocenters. The van der Waals surface area contributed by atoms with Crippen LogP contribution in [0.25, 0.3) is 290 Å². The Morgan fingerprint density at radius 1 is 0.113 bits per heavy atom. The third kappa shape index (κ3) is 15.0. The van der Waals surface area contributed by atoms with Gasteiger partial charge in [0.15, 0.2) is 58.2 Å². The largest absolute Gasteiger partial charge is 0.455 e. The molecular weight excluding hydrogens is 1750 g/mol. The van der Waals surface area contributed by atoms with Gasteiger partial charge in [0.2, 0.25) is 11.6 Å². The van der Waals surface area contributed by atoms with Gasteiger partial charge in [0, 0.05) is 121 Å². The van der Waals surface area contributed by atoms with Gasteiger partial charge in [-0.05, 0) is 133 Å².